The minimum absolute atomic E-state index is 0.0592. The number of nitrogens with zero attached hydrogens (tertiary/aromatic N) is 5. The fraction of sp³-hybridized carbons (Fsp3) is 0.294. The highest BCUT2D eigenvalue weighted by Gasteiger charge is 2.54. The summed E-state index contributed by atoms with van der Waals surface area (Å²) in [6.45, 7) is 6.00. The van der Waals surface area contributed by atoms with Crippen LogP contribution in [0.1, 0.15) is 68.6 Å². The van der Waals surface area contributed by atoms with Crippen molar-refractivity contribution in [3.63, 3.8) is 0 Å². The summed E-state index contributed by atoms with van der Waals surface area (Å²) in [7, 11) is 1.66. The first-order valence-electron chi connectivity index (χ1n) is 22.4. The molecule has 1 fully saturated rings. The number of phenols is 2. The number of rotatable bonds is 14. The summed E-state index contributed by atoms with van der Waals surface area (Å²) in [5.41, 5.74) is 2.78. The second-order valence-electron chi connectivity index (χ2n) is 17.2. The molecule has 0 saturated carbocycles. The van der Waals surface area contributed by atoms with Gasteiger partial charge in [-0.25, -0.2) is 14.2 Å². The molecule has 4 aromatic carbocycles. The molecule has 6 aromatic rings. The van der Waals surface area contributed by atoms with Gasteiger partial charge in [0.1, 0.15) is 52.1 Å². The Balaban J connectivity index is 0.755. The number of carbonyl (C=O) groups excluding carboxylic acids is 3. The van der Waals surface area contributed by atoms with Crippen molar-refractivity contribution in [1.82, 2.24) is 25.1 Å². The maximum absolute atomic E-state index is 14.1. The van der Waals surface area contributed by atoms with Crippen molar-refractivity contribution < 1.29 is 47.9 Å². The lowest BCUT2D eigenvalue weighted by molar-refractivity contribution is -0.128. The van der Waals surface area contributed by atoms with E-state index in [0.29, 0.717) is 52.1 Å². The van der Waals surface area contributed by atoms with Gasteiger partial charge in [0.2, 0.25) is 5.91 Å². The van der Waals surface area contributed by atoms with Gasteiger partial charge in [-0.3, -0.25) is 19.3 Å². The van der Waals surface area contributed by atoms with E-state index in [1.807, 2.05) is 13.8 Å². The number of amides is 2. The van der Waals surface area contributed by atoms with Crippen LogP contribution in [0.4, 0.5) is 10.1 Å². The third kappa shape index (κ3) is 8.79. The molecule has 0 bridgehead atoms. The van der Waals surface area contributed by atoms with E-state index in [9.17, 15) is 39.0 Å². The molecule has 1 saturated heterocycles. The van der Waals surface area contributed by atoms with Crippen LogP contribution in [-0.4, -0.2) is 107 Å². The highest BCUT2D eigenvalue weighted by atomic mass is 19.1. The molecule has 1 spiro atoms. The SMILES string of the molecule is C[C@@H]1CN(c2cc(=O)n(C)c3ccc(C#N)nc23)[C@@H](C)CN1C(C(=O)NCCOCCOCCNC(=O)c1ccc2c(c1)C(=O)OC21c2ccc(O)cc2Oc2cc(O)ccc21)c1ccc(F)cc1. The Morgan fingerprint density at radius 2 is 1.49 bits per heavy atom. The molecule has 17 nitrogen and oxygen atoms in total. The first kappa shape index (κ1) is 46.3. The molecule has 18 heteroatoms. The number of hydrogen-bond acceptors (Lipinski definition) is 14. The van der Waals surface area contributed by atoms with Crippen molar-refractivity contribution in [2.75, 3.05) is 57.5 Å². The Kier molecular flexibility index (Phi) is 12.8. The third-order valence-electron chi connectivity index (χ3n) is 12.8. The number of aromatic hydroxyl groups is 2. The number of aromatic nitrogens is 2. The molecular formula is C51H48FN7O10. The van der Waals surface area contributed by atoms with Crippen LogP contribution in [-0.2, 0) is 31.7 Å². The molecule has 354 valence electrons. The van der Waals surface area contributed by atoms with Gasteiger partial charge in [0.25, 0.3) is 11.5 Å². The maximum Gasteiger partial charge on any atom is 0.340 e. The van der Waals surface area contributed by atoms with Gasteiger partial charge < -0.3 is 49.3 Å². The Bertz CT molecular complexity index is 3050. The summed E-state index contributed by atoms with van der Waals surface area (Å²) in [6, 6.07) is 25.3. The summed E-state index contributed by atoms with van der Waals surface area (Å²) in [5, 5.41) is 35.7. The molecule has 69 heavy (non-hydrogen) atoms. The number of carbonyl (C=O) groups is 3. The zero-order valence-electron chi connectivity index (χ0n) is 37.9. The number of pyridine rings is 2. The largest absolute Gasteiger partial charge is 0.508 e. The van der Waals surface area contributed by atoms with E-state index in [2.05, 4.69) is 31.5 Å². The molecule has 2 amide bonds. The van der Waals surface area contributed by atoms with Crippen LogP contribution in [0.5, 0.6) is 23.0 Å². The minimum atomic E-state index is -1.44. The van der Waals surface area contributed by atoms with E-state index in [1.165, 1.54) is 53.1 Å². The highest BCUT2D eigenvalue weighted by molar-refractivity contribution is 6.01. The number of anilines is 1. The predicted octanol–water partition coefficient (Wildman–Crippen LogP) is 5.14. The smallest absolute Gasteiger partial charge is 0.340 e. The zero-order valence-corrected chi connectivity index (χ0v) is 37.9. The van der Waals surface area contributed by atoms with E-state index in [0.717, 1.165) is 0 Å². The molecule has 0 radical (unpaired) electrons. The van der Waals surface area contributed by atoms with Crippen LogP contribution in [0, 0.1) is 17.1 Å². The monoisotopic (exact) mass is 937 g/mol. The number of phenolic OH excluding ortho intramolecular Hbond substituents is 2. The zero-order chi connectivity index (χ0) is 48.6. The predicted molar refractivity (Wildman–Crippen MR) is 249 cm³/mol. The number of ether oxygens (including phenoxy) is 4. The first-order chi connectivity index (χ1) is 33.3. The number of aryl methyl sites for hydroxylation is 1. The van der Waals surface area contributed by atoms with Crippen molar-refractivity contribution in [2.45, 2.75) is 37.6 Å². The Morgan fingerprint density at radius 1 is 0.841 bits per heavy atom. The minimum Gasteiger partial charge on any atom is -0.508 e. The number of nitrogens with one attached hydrogen (secondary N) is 2. The Morgan fingerprint density at radius 3 is 2.16 bits per heavy atom. The molecule has 9 rings (SSSR count). The van der Waals surface area contributed by atoms with Crippen molar-refractivity contribution in [3.8, 4) is 29.1 Å². The van der Waals surface area contributed by atoms with E-state index in [1.54, 1.807) is 55.6 Å². The van der Waals surface area contributed by atoms with Crippen molar-refractivity contribution >= 4 is 34.5 Å². The quantitative estimate of drug-likeness (QED) is 0.0822. The van der Waals surface area contributed by atoms with E-state index in [-0.39, 0.29) is 103 Å². The van der Waals surface area contributed by atoms with Gasteiger partial charge in [-0.05, 0) is 80.1 Å². The second-order valence-corrected chi connectivity index (χ2v) is 17.2. The van der Waals surface area contributed by atoms with Gasteiger partial charge in [-0.1, -0.05) is 18.2 Å². The third-order valence-corrected chi connectivity index (χ3v) is 12.8. The molecular weight excluding hydrogens is 890 g/mol. The number of hydrogen-bond donors (Lipinski definition) is 4. The average Bonchev–Trinajstić information content (AvgIpc) is 3.62. The van der Waals surface area contributed by atoms with E-state index < -0.39 is 29.3 Å². The van der Waals surface area contributed by atoms with Gasteiger partial charge >= 0.3 is 5.97 Å². The molecule has 3 atom stereocenters. The Hall–Kier alpha value is -7.85. The molecule has 1 unspecified atom stereocenters. The fourth-order valence-electron chi connectivity index (χ4n) is 9.43. The lowest BCUT2D eigenvalue weighted by atomic mass is 9.77. The topological polar surface area (TPSA) is 218 Å². The highest BCUT2D eigenvalue weighted by Crippen LogP contribution is 2.57. The standard InChI is InChI=1S/C51H48FN7O10/c1-29-28-59(30(2)27-58(29)42-25-45(62)57(3)41-15-9-34(26-53)56-46(41)42)47(31-4-7-33(52)8-5-31)49(64)55-17-19-67-21-20-66-18-16-54-48(63)32-6-12-38-37(22-32)50(65)69-51(38)39-13-10-35(60)23-43(39)68-44-24-36(61)11-14-40(44)51/h4-15,22-25,29-30,47,60-61H,16-21,27-28H2,1-3H3,(H,54,63)(H,55,64)/t29-,30+,47?/m0/s1. The van der Waals surface area contributed by atoms with Crippen LogP contribution >= 0.6 is 0 Å². The van der Waals surface area contributed by atoms with Crippen molar-refractivity contribution in [3.05, 3.63) is 152 Å². The van der Waals surface area contributed by atoms with Crippen molar-refractivity contribution in [2.24, 2.45) is 7.05 Å². The molecule has 0 aliphatic carbocycles. The number of piperazine rings is 1. The van der Waals surface area contributed by atoms with Crippen LogP contribution in [0.2, 0.25) is 0 Å². The lowest BCUT2D eigenvalue weighted by Crippen LogP contribution is -2.59. The summed E-state index contributed by atoms with van der Waals surface area (Å²) in [4.78, 5) is 62.4. The molecule has 4 N–H and O–H groups in total. The van der Waals surface area contributed by atoms with Crippen LogP contribution in [0.25, 0.3) is 11.0 Å². The van der Waals surface area contributed by atoms with Crippen LogP contribution in [0.3, 0.4) is 0 Å². The van der Waals surface area contributed by atoms with Crippen molar-refractivity contribution in [1.29, 1.82) is 5.26 Å². The van der Waals surface area contributed by atoms with E-state index >= 15 is 0 Å². The van der Waals surface area contributed by atoms with Crippen LogP contribution in [0.15, 0.2) is 102 Å². The molecule has 3 aliphatic heterocycles. The summed E-state index contributed by atoms with van der Waals surface area (Å²) >= 11 is 0. The maximum atomic E-state index is 14.1. The fourth-order valence-corrected chi connectivity index (χ4v) is 9.43. The summed E-state index contributed by atoms with van der Waals surface area (Å²) in [6.07, 6.45) is 0. The van der Waals surface area contributed by atoms with Gasteiger partial charge in [0.15, 0.2) is 5.60 Å². The van der Waals surface area contributed by atoms with Crippen LogP contribution < -0.4 is 25.8 Å². The number of fused-ring (bicyclic) bond motifs is 7. The first-order valence-corrected chi connectivity index (χ1v) is 22.4. The summed E-state index contributed by atoms with van der Waals surface area (Å²) < 4.78 is 39.1. The van der Waals surface area contributed by atoms with Gasteiger partial charge in [0.05, 0.1) is 43.2 Å². The van der Waals surface area contributed by atoms with Gasteiger partial charge in [-0.2, -0.15) is 5.26 Å². The molecule has 2 aromatic heterocycles. The Labute approximate surface area is 395 Å². The number of halogens is 1. The molecule has 3 aliphatic rings. The van der Waals surface area contributed by atoms with Gasteiger partial charge in [0, 0.05) is 85.8 Å². The summed E-state index contributed by atoms with van der Waals surface area (Å²) in [5.74, 6) is -1.42. The number of benzene rings is 4. The number of esters is 1. The average molecular weight is 938 g/mol. The molecule has 5 heterocycles. The van der Waals surface area contributed by atoms with Gasteiger partial charge in [-0.15, -0.1) is 0 Å². The number of nitriles is 1. The van der Waals surface area contributed by atoms with E-state index in [4.69, 9.17) is 18.9 Å². The lowest BCUT2D eigenvalue weighted by Gasteiger charge is -2.48. The second kappa shape index (κ2) is 19.0. The normalized spacial score (nSPS) is 17.3.